The van der Waals surface area contributed by atoms with Crippen molar-refractivity contribution >= 4 is 38.5 Å². The van der Waals surface area contributed by atoms with Gasteiger partial charge in [0.25, 0.3) is 10.0 Å². The number of halogens is 4. The van der Waals surface area contributed by atoms with E-state index in [1.54, 1.807) is 25.1 Å². The Morgan fingerprint density at radius 2 is 1.74 bits per heavy atom. The van der Waals surface area contributed by atoms with Crippen molar-refractivity contribution in [1.29, 1.82) is 0 Å². The summed E-state index contributed by atoms with van der Waals surface area (Å²) in [4.78, 5) is 20.2. The Morgan fingerprint density at radius 1 is 1.00 bits per heavy atom. The molecule has 0 amide bonds. The van der Waals surface area contributed by atoms with E-state index in [1.807, 2.05) is 0 Å². The number of hydrogen-bond donors (Lipinski definition) is 6. The fourth-order valence-electron chi connectivity index (χ4n) is 4.77. The van der Waals surface area contributed by atoms with Crippen molar-refractivity contribution in [2.45, 2.75) is 37.4 Å². The minimum absolute atomic E-state index is 0.0342. The Bertz CT molecular complexity index is 2090. The number of aromatic hydroxyl groups is 2. The van der Waals surface area contributed by atoms with Gasteiger partial charge < -0.3 is 20.6 Å². The van der Waals surface area contributed by atoms with Crippen LogP contribution in [0, 0.1) is 5.82 Å². The number of carbonyl (C=O) groups is 1. The van der Waals surface area contributed by atoms with Gasteiger partial charge in [-0.2, -0.15) is 18.3 Å². The topological polar surface area (TPSA) is 190 Å². The molecule has 0 saturated carbocycles. The summed E-state index contributed by atoms with van der Waals surface area (Å²) in [7, 11) is -4.11. The van der Waals surface area contributed by atoms with E-state index >= 15 is 0 Å². The Labute approximate surface area is 257 Å². The molecule has 5 aromatic rings. The number of phenolic OH excluding ortho intramolecular Hbond substituents is 2. The molecule has 3 aromatic carbocycles. The number of phenols is 2. The second-order valence-corrected chi connectivity index (χ2v) is 11.7. The average molecular weight is 661 g/mol. The third kappa shape index (κ3) is 6.63. The molecule has 0 radical (unpaired) electrons. The molecule has 0 aliphatic rings. The summed E-state index contributed by atoms with van der Waals surface area (Å²) < 4.78 is 83.6. The van der Waals surface area contributed by atoms with E-state index in [1.165, 1.54) is 24.3 Å². The fourth-order valence-corrected chi connectivity index (χ4v) is 6.18. The molecule has 0 unspecified atom stereocenters. The van der Waals surface area contributed by atoms with Crippen LogP contribution in [0.3, 0.4) is 0 Å². The minimum Gasteiger partial charge on any atom is -0.508 e. The van der Waals surface area contributed by atoms with Crippen LogP contribution >= 0.6 is 0 Å². The first-order chi connectivity index (χ1) is 21.7. The Kier molecular flexibility index (Phi) is 8.44. The molecule has 6 N–H and O–H groups in total. The number of benzene rings is 3. The van der Waals surface area contributed by atoms with E-state index in [2.05, 4.69) is 30.2 Å². The monoisotopic (exact) mass is 660 g/mol. The average Bonchev–Trinajstić information content (AvgIpc) is 3.43. The summed E-state index contributed by atoms with van der Waals surface area (Å²) in [5, 5.41) is 38.4. The van der Waals surface area contributed by atoms with E-state index in [9.17, 15) is 46.1 Å². The molecule has 2 aromatic heterocycles. The number of aromatic carboxylic acids is 1. The molecular formula is C29H24F4N6O6S. The van der Waals surface area contributed by atoms with Gasteiger partial charge >= 0.3 is 12.1 Å². The van der Waals surface area contributed by atoms with E-state index in [0.29, 0.717) is 24.1 Å². The maximum atomic E-state index is 14.4. The number of aromatic amines is 1. The van der Waals surface area contributed by atoms with Gasteiger partial charge in [-0.15, -0.1) is 0 Å². The van der Waals surface area contributed by atoms with Crippen molar-refractivity contribution in [1.82, 2.24) is 20.2 Å². The van der Waals surface area contributed by atoms with Crippen LogP contribution in [0.2, 0.25) is 0 Å². The highest BCUT2D eigenvalue weighted by Crippen LogP contribution is 2.35. The summed E-state index contributed by atoms with van der Waals surface area (Å²) >= 11 is 0. The zero-order chi connectivity index (χ0) is 33.4. The summed E-state index contributed by atoms with van der Waals surface area (Å²) in [6.07, 6.45) is -5.90. The molecule has 240 valence electrons. The second-order valence-electron chi connectivity index (χ2n) is 10.0. The number of nitrogens with one attached hydrogen (secondary N) is 3. The van der Waals surface area contributed by atoms with Gasteiger partial charge in [0.1, 0.15) is 11.6 Å². The highest BCUT2D eigenvalue weighted by Gasteiger charge is 2.31. The lowest BCUT2D eigenvalue weighted by Gasteiger charge is -2.16. The first kappa shape index (κ1) is 32.0. The highest BCUT2D eigenvalue weighted by atomic mass is 32.2. The number of aryl methyl sites for hydroxylation is 1. The molecule has 0 bridgehead atoms. The number of alkyl halides is 3. The summed E-state index contributed by atoms with van der Waals surface area (Å²) in [5.41, 5.74) is -1.03. The third-order valence-corrected chi connectivity index (χ3v) is 8.32. The van der Waals surface area contributed by atoms with E-state index in [0.717, 1.165) is 0 Å². The molecule has 0 aliphatic carbocycles. The molecule has 12 nitrogen and oxygen atoms in total. The lowest BCUT2D eigenvalue weighted by molar-refractivity contribution is -0.127. The number of aromatic nitrogens is 4. The molecule has 0 aliphatic heterocycles. The quantitative estimate of drug-likeness (QED) is 0.0841. The fraction of sp³-hybridized carbons (Fsp3) is 0.172. The van der Waals surface area contributed by atoms with Crippen LogP contribution in [0.5, 0.6) is 11.5 Å². The smallest absolute Gasteiger partial charge is 0.393 e. The van der Waals surface area contributed by atoms with Gasteiger partial charge in [0.15, 0.2) is 28.7 Å². The molecule has 5 rings (SSSR count). The van der Waals surface area contributed by atoms with Gasteiger partial charge in [-0.3, -0.25) is 9.82 Å². The Morgan fingerprint density at radius 3 is 2.43 bits per heavy atom. The first-order valence-electron chi connectivity index (χ1n) is 13.4. The van der Waals surface area contributed by atoms with Crippen LogP contribution in [0.15, 0.2) is 59.5 Å². The summed E-state index contributed by atoms with van der Waals surface area (Å²) in [5.74, 6) is -4.76. The van der Waals surface area contributed by atoms with Gasteiger partial charge in [0.05, 0.1) is 22.4 Å². The highest BCUT2D eigenvalue weighted by molar-refractivity contribution is 7.92. The van der Waals surface area contributed by atoms with Crippen molar-refractivity contribution < 1.29 is 46.1 Å². The van der Waals surface area contributed by atoms with Crippen LogP contribution in [0.1, 0.15) is 34.1 Å². The molecule has 0 fully saturated rings. The maximum absolute atomic E-state index is 14.4. The van der Waals surface area contributed by atoms with Gasteiger partial charge in [-0.05, 0) is 59.5 Å². The minimum atomic E-state index is -4.76. The van der Waals surface area contributed by atoms with E-state index in [-0.39, 0.29) is 45.3 Å². The molecule has 17 heteroatoms. The number of carboxylic acid groups (broad SMARTS) is 1. The SMILES string of the molecule is CCc1ccccc1S(=O)(=O)Nc1ccc(O)cc1CNc1nc(-c2cc(F)c(O)cc2CC(F)(F)F)nc2n[nH]c(C(=O)O)c12. The van der Waals surface area contributed by atoms with Crippen molar-refractivity contribution in [2.24, 2.45) is 0 Å². The normalized spacial score (nSPS) is 11.9. The third-order valence-electron chi connectivity index (χ3n) is 6.85. The van der Waals surface area contributed by atoms with Crippen molar-refractivity contribution in [3.05, 3.63) is 82.8 Å². The van der Waals surface area contributed by atoms with Gasteiger partial charge in [-0.25, -0.2) is 27.6 Å². The standard InChI is InChI=1S/C29H24F4N6O6S/c1-2-14-5-3-4-6-22(14)46(44,45)39-20-8-7-17(40)9-16(20)13-34-26-23-24(28(42)43)37-38-27(23)36-25(35-26)18-11-19(30)21(41)10-15(18)12-29(31,32)33/h3-11,39-41H,2,12-13H2,1H3,(H,42,43)(H2,34,35,36,37,38). The molecule has 46 heavy (non-hydrogen) atoms. The lowest BCUT2D eigenvalue weighted by atomic mass is 10.0. The van der Waals surface area contributed by atoms with E-state index in [4.69, 9.17) is 0 Å². The first-order valence-corrected chi connectivity index (χ1v) is 14.9. The molecule has 0 atom stereocenters. The summed E-state index contributed by atoms with van der Waals surface area (Å²) in [6.45, 7) is 1.48. The Hall–Kier alpha value is -5.45. The molecule has 0 saturated heterocycles. The van der Waals surface area contributed by atoms with Crippen LogP contribution in [-0.4, -0.2) is 56.0 Å². The largest absolute Gasteiger partial charge is 0.508 e. The van der Waals surface area contributed by atoms with Crippen LogP contribution in [-0.2, 0) is 29.4 Å². The van der Waals surface area contributed by atoms with E-state index < -0.39 is 62.8 Å². The van der Waals surface area contributed by atoms with Gasteiger partial charge in [-0.1, -0.05) is 25.1 Å². The molecule has 2 heterocycles. The van der Waals surface area contributed by atoms with Gasteiger partial charge in [0.2, 0.25) is 0 Å². The van der Waals surface area contributed by atoms with Gasteiger partial charge in [0, 0.05) is 12.1 Å². The number of H-pyrrole nitrogens is 1. The number of fused-ring (bicyclic) bond motifs is 1. The van der Waals surface area contributed by atoms with Crippen LogP contribution in [0.25, 0.3) is 22.4 Å². The number of nitrogens with zero attached hydrogens (tertiary/aromatic N) is 3. The lowest BCUT2D eigenvalue weighted by Crippen LogP contribution is -2.17. The van der Waals surface area contributed by atoms with Crippen molar-refractivity contribution in [3.63, 3.8) is 0 Å². The summed E-state index contributed by atoms with van der Waals surface area (Å²) in [6, 6.07) is 11.4. The Balaban J connectivity index is 1.58. The molecular weight excluding hydrogens is 636 g/mol. The van der Waals surface area contributed by atoms with Crippen LogP contribution < -0.4 is 10.0 Å². The zero-order valence-corrected chi connectivity index (χ0v) is 24.5. The van der Waals surface area contributed by atoms with Crippen molar-refractivity contribution in [2.75, 3.05) is 10.0 Å². The number of carboxylic acids is 1. The number of rotatable bonds is 10. The maximum Gasteiger partial charge on any atom is 0.393 e. The zero-order valence-electron chi connectivity index (χ0n) is 23.6. The van der Waals surface area contributed by atoms with Crippen molar-refractivity contribution in [3.8, 4) is 22.9 Å². The van der Waals surface area contributed by atoms with Crippen LogP contribution in [0.4, 0.5) is 29.1 Å². The predicted molar refractivity (Wildman–Crippen MR) is 158 cm³/mol. The predicted octanol–water partition coefficient (Wildman–Crippen LogP) is 5.35. The second kappa shape index (κ2) is 12.2. The molecule has 0 spiro atoms. The number of sulfonamides is 1. The number of anilines is 2. The number of hydrogen-bond acceptors (Lipinski definition) is 9.